The molecule has 1 fully saturated rings. The van der Waals surface area contributed by atoms with Gasteiger partial charge in [0.25, 0.3) is 0 Å². The first kappa shape index (κ1) is 11.0. The van der Waals surface area contributed by atoms with Crippen molar-refractivity contribution in [2.24, 2.45) is 5.73 Å². The van der Waals surface area contributed by atoms with Crippen molar-refractivity contribution in [2.45, 2.75) is 19.4 Å². The van der Waals surface area contributed by atoms with E-state index in [1.54, 1.807) is 4.90 Å². The van der Waals surface area contributed by atoms with E-state index in [2.05, 4.69) is 5.32 Å². The van der Waals surface area contributed by atoms with Crippen molar-refractivity contribution in [1.29, 1.82) is 0 Å². The summed E-state index contributed by atoms with van der Waals surface area (Å²) in [6, 6.07) is 7.67. The lowest BCUT2D eigenvalue weighted by Crippen LogP contribution is -2.67. The van der Waals surface area contributed by atoms with Crippen LogP contribution in [0.5, 0.6) is 0 Å². The first-order chi connectivity index (χ1) is 7.46. The lowest BCUT2D eigenvalue weighted by atomic mass is 9.94. The summed E-state index contributed by atoms with van der Waals surface area (Å²) >= 11 is 0. The van der Waals surface area contributed by atoms with E-state index in [4.69, 9.17) is 5.73 Å². The van der Waals surface area contributed by atoms with Crippen LogP contribution in [0.2, 0.25) is 0 Å². The van der Waals surface area contributed by atoms with E-state index in [1.807, 2.05) is 38.1 Å². The van der Waals surface area contributed by atoms with Gasteiger partial charge in [0, 0.05) is 24.3 Å². The molecule has 0 saturated carbocycles. The van der Waals surface area contributed by atoms with Gasteiger partial charge >= 0.3 is 6.03 Å². The molecule has 1 aliphatic rings. The molecule has 1 aromatic carbocycles. The SMILES string of the molecule is Cc1cccc(NC(=O)N2CC(C)(N)C2)c1. The van der Waals surface area contributed by atoms with Crippen LogP contribution < -0.4 is 11.1 Å². The van der Waals surface area contributed by atoms with Gasteiger partial charge in [-0.1, -0.05) is 12.1 Å². The predicted molar refractivity (Wildman–Crippen MR) is 64.4 cm³/mol. The summed E-state index contributed by atoms with van der Waals surface area (Å²) < 4.78 is 0. The number of nitrogens with zero attached hydrogens (tertiary/aromatic N) is 1. The quantitative estimate of drug-likeness (QED) is 0.753. The summed E-state index contributed by atoms with van der Waals surface area (Å²) in [5.74, 6) is 0. The van der Waals surface area contributed by atoms with Gasteiger partial charge in [-0.25, -0.2) is 4.79 Å². The number of nitrogens with two attached hydrogens (primary N) is 1. The van der Waals surface area contributed by atoms with Crippen LogP contribution in [0.3, 0.4) is 0 Å². The predicted octanol–water partition coefficient (Wildman–Crippen LogP) is 1.56. The van der Waals surface area contributed by atoms with Crippen LogP contribution in [0.25, 0.3) is 0 Å². The first-order valence-electron chi connectivity index (χ1n) is 5.38. The van der Waals surface area contributed by atoms with Gasteiger partial charge in [-0.15, -0.1) is 0 Å². The molecule has 0 radical (unpaired) electrons. The van der Waals surface area contributed by atoms with Crippen molar-refractivity contribution in [1.82, 2.24) is 4.90 Å². The maximum atomic E-state index is 11.8. The number of hydrogen-bond donors (Lipinski definition) is 2. The Kier molecular flexibility index (Phi) is 2.59. The van der Waals surface area contributed by atoms with Crippen LogP contribution in [0, 0.1) is 6.92 Å². The molecule has 3 N–H and O–H groups in total. The van der Waals surface area contributed by atoms with Gasteiger partial charge in [0.2, 0.25) is 0 Å². The highest BCUT2D eigenvalue weighted by molar-refractivity contribution is 5.90. The van der Waals surface area contributed by atoms with Crippen molar-refractivity contribution in [3.8, 4) is 0 Å². The molecule has 1 aliphatic heterocycles. The second-order valence-electron chi connectivity index (χ2n) is 4.81. The minimum Gasteiger partial charge on any atom is -0.322 e. The Labute approximate surface area is 95.4 Å². The second-order valence-corrected chi connectivity index (χ2v) is 4.81. The van der Waals surface area contributed by atoms with Crippen molar-refractivity contribution in [3.63, 3.8) is 0 Å². The number of hydrogen-bond acceptors (Lipinski definition) is 2. The third kappa shape index (κ3) is 2.33. The number of urea groups is 1. The Hall–Kier alpha value is -1.55. The molecule has 16 heavy (non-hydrogen) atoms. The highest BCUT2D eigenvalue weighted by Gasteiger charge is 2.37. The molecule has 0 bridgehead atoms. The van der Waals surface area contributed by atoms with E-state index in [0.29, 0.717) is 13.1 Å². The van der Waals surface area contributed by atoms with Gasteiger partial charge in [0.15, 0.2) is 0 Å². The summed E-state index contributed by atoms with van der Waals surface area (Å²) in [5, 5.41) is 2.85. The van der Waals surface area contributed by atoms with Crippen molar-refractivity contribution < 1.29 is 4.79 Å². The summed E-state index contributed by atoms with van der Waals surface area (Å²) in [5.41, 5.74) is 7.59. The Bertz CT molecular complexity index is 406. The Morgan fingerprint density at radius 1 is 1.50 bits per heavy atom. The molecule has 4 heteroatoms. The van der Waals surface area contributed by atoms with E-state index in [0.717, 1.165) is 11.3 Å². The monoisotopic (exact) mass is 219 g/mol. The average Bonchev–Trinajstić information content (AvgIpc) is 2.13. The number of anilines is 1. The van der Waals surface area contributed by atoms with Crippen molar-refractivity contribution >= 4 is 11.7 Å². The lowest BCUT2D eigenvalue weighted by Gasteiger charge is -2.45. The van der Waals surface area contributed by atoms with E-state index >= 15 is 0 Å². The number of nitrogens with one attached hydrogen (secondary N) is 1. The maximum Gasteiger partial charge on any atom is 0.321 e. The summed E-state index contributed by atoms with van der Waals surface area (Å²) in [7, 11) is 0. The van der Waals surface area contributed by atoms with Gasteiger partial charge < -0.3 is 16.0 Å². The third-order valence-corrected chi connectivity index (χ3v) is 2.66. The largest absolute Gasteiger partial charge is 0.322 e. The topological polar surface area (TPSA) is 58.4 Å². The molecule has 1 saturated heterocycles. The summed E-state index contributed by atoms with van der Waals surface area (Å²) in [4.78, 5) is 13.5. The highest BCUT2D eigenvalue weighted by atomic mass is 16.2. The van der Waals surface area contributed by atoms with E-state index in [-0.39, 0.29) is 11.6 Å². The third-order valence-electron chi connectivity index (χ3n) is 2.66. The number of likely N-dealkylation sites (tertiary alicyclic amines) is 1. The minimum atomic E-state index is -0.218. The maximum absolute atomic E-state index is 11.8. The van der Waals surface area contributed by atoms with Crippen LogP contribution in [0.15, 0.2) is 24.3 Å². The van der Waals surface area contributed by atoms with Gasteiger partial charge in [-0.3, -0.25) is 0 Å². The van der Waals surface area contributed by atoms with Gasteiger partial charge in [-0.2, -0.15) is 0 Å². The molecule has 2 rings (SSSR count). The molecule has 0 spiro atoms. The zero-order valence-electron chi connectivity index (χ0n) is 9.66. The fourth-order valence-electron chi connectivity index (χ4n) is 1.89. The van der Waals surface area contributed by atoms with Crippen LogP contribution in [0.4, 0.5) is 10.5 Å². The van der Waals surface area contributed by atoms with Gasteiger partial charge in [-0.05, 0) is 31.5 Å². The summed E-state index contributed by atoms with van der Waals surface area (Å²) in [6.07, 6.45) is 0. The van der Waals surface area contributed by atoms with E-state index in [9.17, 15) is 4.79 Å². The van der Waals surface area contributed by atoms with Crippen LogP contribution in [0.1, 0.15) is 12.5 Å². The number of carbonyl (C=O) groups excluding carboxylic acids is 1. The fraction of sp³-hybridized carbons (Fsp3) is 0.417. The standard InChI is InChI=1S/C12H17N3O/c1-9-4-3-5-10(6-9)14-11(16)15-7-12(2,13)8-15/h3-6H,7-8,13H2,1-2H3,(H,14,16). The molecular formula is C12H17N3O. The zero-order chi connectivity index (χ0) is 11.8. The van der Waals surface area contributed by atoms with Crippen molar-refractivity contribution in [2.75, 3.05) is 18.4 Å². The molecule has 1 aromatic rings. The number of rotatable bonds is 1. The number of amides is 2. The van der Waals surface area contributed by atoms with E-state index < -0.39 is 0 Å². The molecule has 86 valence electrons. The smallest absolute Gasteiger partial charge is 0.321 e. The lowest BCUT2D eigenvalue weighted by molar-refractivity contribution is 0.117. The van der Waals surface area contributed by atoms with Gasteiger partial charge in [0.05, 0.1) is 0 Å². The van der Waals surface area contributed by atoms with Gasteiger partial charge in [0.1, 0.15) is 0 Å². The minimum absolute atomic E-state index is 0.0754. The van der Waals surface area contributed by atoms with E-state index in [1.165, 1.54) is 0 Å². The molecular weight excluding hydrogens is 202 g/mol. The molecule has 0 aliphatic carbocycles. The number of aryl methyl sites for hydroxylation is 1. The van der Waals surface area contributed by atoms with Crippen LogP contribution >= 0.6 is 0 Å². The summed E-state index contributed by atoms with van der Waals surface area (Å²) in [6.45, 7) is 5.18. The molecule has 2 amide bonds. The molecule has 0 aromatic heterocycles. The number of benzene rings is 1. The average molecular weight is 219 g/mol. The normalized spacial score (nSPS) is 17.8. The van der Waals surface area contributed by atoms with Crippen molar-refractivity contribution in [3.05, 3.63) is 29.8 Å². The van der Waals surface area contributed by atoms with Crippen LogP contribution in [-0.2, 0) is 0 Å². The Morgan fingerprint density at radius 2 is 2.19 bits per heavy atom. The Morgan fingerprint density at radius 3 is 2.75 bits per heavy atom. The molecule has 0 unspecified atom stereocenters. The molecule has 1 heterocycles. The molecule has 4 nitrogen and oxygen atoms in total. The highest BCUT2D eigenvalue weighted by Crippen LogP contribution is 2.19. The first-order valence-corrected chi connectivity index (χ1v) is 5.38. The zero-order valence-corrected chi connectivity index (χ0v) is 9.66. The second kappa shape index (κ2) is 3.79. The van der Waals surface area contributed by atoms with Crippen LogP contribution in [-0.4, -0.2) is 29.6 Å². The Balaban J connectivity index is 1.94. The molecule has 0 atom stereocenters. The fourth-order valence-corrected chi connectivity index (χ4v) is 1.89. The number of carbonyl (C=O) groups is 1.